The van der Waals surface area contributed by atoms with Gasteiger partial charge in [0.1, 0.15) is 5.01 Å². The number of hydrogen-bond donors (Lipinski definition) is 0. The molecule has 8 nitrogen and oxygen atoms in total. The highest BCUT2D eigenvalue weighted by Gasteiger charge is 2.35. The molecule has 1 aliphatic heterocycles. The second-order valence-corrected chi connectivity index (χ2v) is 9.53. The van der Waals surface area contributed by atoms with Crippen molar-refractivity contribution >= 4 is 40.8 Å². The second-order valence-electron chi connectivity index (χ2n) is 7.70. The Kier molecular flexibility index (Phi) is 6.72. The first kappa shape index (κ1) is 21.3. The Morgan fingerprint density at radius 1 is 1.27 bits per heavy atom. The highest BCUT2D eigenvalue weighted by Crippen LogP contribution is 2.41. The van der Waals surface area contributed by atoms with Crippen LogP contribution in [-0.2, 0) is 14.3 Å². The van der Waals surface area contributed by atoms with Crippen molar-refractivity contribution in [2.45, 2.75) is 63.1 Å². The van der Waals surface area contributed by atoms with E-state index in [4.69, 9.17) is 4.74 Å². The largest absolute Gasteiger partial charge is 0.465 e. The van der Waals surface area contributed by atoms with Gasteiger partial charge in [0.2, 0.25) is 5.95 Å². The van der Waals surface area contributed by atoms with Gasteiger partial charge in [-0.1, -0.05) is 11.8 Å². The van der Waals surface area contributed by atoms with Crippen LogP contribution in [0.25, 0.3) is 0 Å². The van der Waals surface area contributed by atoms with Crippen LogP contribution in [0.3, 0.4) is 0 Å². The number of ketones is 1. The molecule has 0 spiro atoms. The molecule has 2 aliphatic rings. The number of carbonyl (C=O) groups is 2. The first-order valence-electron chi connectivity index (χ1n) is 10.5. The zero-order valence-corrected chi connectivity index (χ0v) is 19.0. The number of esters is 1. The molecular formula is C20H27N5O3S2. The van der Waals surface area contributed by atoms with Crippen molar-refractivity contribution in [2.75, 3.05) is 30.3 Å². The lowest BCUT2D eigenvalue weighted by molar-refractivity contribution is -0.147. The topological polar surface area (TPSA) is 90.2 Å². The van der Waals surface area contributed by atoms with Crippen LogP contribution in [-0.4, -0.2) is 57.0 Å². The van der Waals surface area contributed by atoms with E-state index in [1.165, 1.54) is 42.4 Å². The van der Waals surface area contributed by atoms with Gasteiger partial charge in [-0.15, -0.1) is 21.5 Å². The van der Waals surface area contributed by atoms with Crippen LogP contribution >= 0.6 is 23.1 Å². The maximum Gasteiger partial charge on any atom is 0.323 e. The molecule has 2 aromatic heterocycles. The molecule has 0 unspecified atom stereocenters. The van der Waals surface area contributed by atoms with Crippen molar-refractivity contribution in [3.05, 3.63) is 16.1 Å². The predicted molar refractivity (Wildman–Crippen MR) is 116 cm³/mol. The number of anilines is 1. The van der Waals surface area contributed by atoms with E-state index in [9.17, 15) is 9.59 Å². The Balaban J connectivity index is 1.49. The number of thiazole rings is 1. The molecule has 1 saturated carbocycles. The minimum absolute atomic E-state index is 0.132. The first-order chi connectivity index (χ1) is 14.6. The normalized spacial score (nSPS) is 17.7. The molecule has 2 aromatic rings. The van der Waals surface area contributed by atoms with Gasteiger partial charge >= 0.3 is 5.97 Å². The Morgan fingerprint density at radius 2 is 2.03 bits per heavy atom. The smallest absolute Gasteiger partial charge is 0.323 e. The molecule has 1 saturated heterocycles. The molecule has 0 bridgehead atoms. The summed E-state index contributed by atoms with van der Waals surface area (Å²) in [6.07, 6.45) is 5.84. The summed E-state index contributed by atoms with van der Waals surface area (Å²) in [5, 5.41) is 11.9. The SMILES string of the molecule is CCOC(=O)[C@H](C(=O)CSc1nnc(N2CCCCC2)n1C1CC1)c1nc(C)cs1. The average Bonchev–Trinajstić information content (AvgIpc) is 3.36. The molecule has 0 amide bonds. The van der Waals surface area contributed by atoms with E-state index in [0.717, 1.165) is 42.7 Å². The molecule has 4 rings (SSSR count). The van der Waals surface area contributed by atoms with E-state index in [0.29, 0.717) is 11.0 Å². The van der Waals surface area contributed by atoms with Crippen molar-refractivity contribution < 1.29 is 14.3 Å². The number of hydrogen-bond acceptors (Lipinski definition) is 9. The average molecular weight is 450 g/mol. The van der Waals surface area contributed by atoms with Crippen molar-refractivity contribution in [2.24, 2.45) is 0 Å². The van der Waals surface area contributed by atoms with Gasteiger partial charge in [-0.3, -0.25) is 14.2 Å². The summed E-state index contributed by atoms with van der Waals surface area (Å²) in [4.78, 5) is 32.2. The Labute approximate surface area is 184 Å². The van der Waals surface area contributed by atoms with E-state index in [-0.39, 0.29) is 18.1 Å². The lowest BCUT2D eigenvalue weighted by Gasteiger charge is -2.27. The summed E-state index contributed by atoms with van der Waals surface area (Å²) in [5.74, 6) is -0.667. The summed E-state index contributed by atoms with van der Waals surface area (Å²) in [7, 11) is 0. The lowest BCUT2D eigenvalue weighted by Crippen LogP contribution is -2.32. The number of rotatable bonds is 9. The van der Waals surface area contributed by atoms with E-state index in [1.54, 1.807) is 6.92 Å². The Morgan fingerprint density at radius 3 is 2.67 bits per heavy atom. The number of Topliss-reactive ketones (excluding diaryl/α,β-unsaturated/α-hetero) is 1. The van der Waals surface area contributed by atoms with Gasteiger partial charge in [0, 0.05) is 30.2 Å². The number of nitrogens with zero attached hydrogens (tertiary/aromatic N) is 5. The number of aryl methyl sites for hydroxylation is 1. The van der Waals surface area contributed by atoms with E-state index < -0.39 is 11.9 Å². The van der Waals surface area contributed by atoms with Crippen LogP contribution < -0.4 is 4.90 Å². The zero-order valence-electron chi connectivity index (χ0n) is 17.4. The highest BCUT2D eigenvalue weighted by molar-refractivity contribution is 7.99. The molecule has 10 heteroatoms. The second kappa shape index (κ2) is 9.47. The van der Waals surface area contributed by atoms with Crippen molar-refractivity contribution in [3.8, 4) is 0 Å². The van der Waals surface area contributed by atoms with Crippen LogP contribution in [0.2, 0.25) is 0 Å². The fraction of sp³-hybridized carbons (Fsp3) is 0.650. The third kappa shape index (κ3) is 4.69. The molecule has 0 N–H and O–H groups in total. The van der Waals surface area contributed by atoms with Crippen LogP contribution in [0.5, 0.6) is 0 Å². The van der Waals surface area contributed by atoms with E-state index >= 15 is 0 Å². The number of thioether (sulfide) groups is 1. The molecule has 1 aliphatic carbocycles. The molecule has 30 heavy (non-hydrogen) atoms. The summed E-state index contributed by atoms with van der Waals surface area (Å²) < 4.78 is 7.34. The van der Waals surface area contributed by atoms with Gasteiger partial charge in [0.15, 0.2) is 16.9 Å². The zero-order chi connectivity index (χ0) is 21.1. The van der Waals surface area contributed by atoms with Gasteiger partial charge in [-0.05, 0) is 46.0 Å². The van der Waals surface area contributed by atoms with Gasteiger partial charge in [0.25, 0.3) is 0 Å². The quantitative estimate of drug-likeness (QED) is 0.327. The van der Waals surface area contributed by atoms with Gasteiger partial charge in [-0.25, -0.2) is 4.98 Å². The molecule has 0 aromatic carbocycles. The van der Waals surface area contributed by atoms with Gasteiger partial charge in [0.05, 0.1) is 12.4 Å². The summed E-state index contributed by atoms with van der Waals surface area (Å²) in [6.45, 7) is 5.82. The summed E-state index contributed by atoms with van der Waals surface area (Å²) in [6, 6.07) is 0.414. The molecule has 3 heterocycles. The number of ether oxygens (including phenoxy) is 1. The summed E-state index contributed by atoms with van der Waals surface area (Å²) >= 11 is 2.68. The fourth-order valence-corrected chi connectivity index (χ4v) is 5.46. The molecule has 2 fully saturated rings. The van der Waals surface area contributed by atoms with Crippen molar-refractivity contribution in [1.82, 2.24) is 19.7 Å². The maximum absolute atomic E-state index is 13.0. The van der Waals surface area contributed by atoms with E-state index in [1.807, 2.05) is 12.3 Å². The van der Waals surface area contributed by atoms with Gasteiger partial charge < -0.3 is 9.64 Å². The molecular weight excluding hydrogens is 422 g/mol. The highest BCUT2D eigenvalue weighted by atomic mass is 32.2. The van der Waals surface area contributed by atoms with Crippen LogP contribution in [0.15, 0.2) is 10.5 Å². The first-order valence-corrected chi connectivity index (χ1v) is 12.4. The Bertz CT molecular complexity index is 902. The number of carbonyl (C=O) groups excluding carboxylic acids is 2. The third-order valence-electron chi connectivity index (χ3n) is 5.27. The summed E-state index contributed by atoms with van der Waals surface area (Å²) in [5.41, 5.74) is 0.796. The fourth-order valence-electron chi connectivity index (χ4n) is 3.65. The monoisotopic (exact) mass is 449 g/mol. The van der Waals surface area contributed by atoms with Crippen LogP contribution in [0.4, 0.5) is 5.95 Å². The van der Waals surface area contributed by atoms with Crippen LogP contribution in [0.1, 0.15) is 61.7 Å². The van der Waals surface area contributed by atoms with E-state index in [2.05, 4.69) is 24.6 Å². The minimum Gasteiger partial charge on any atom is -0.465 e. The van der Waals surface area contributed by atoms with Gasteiger partial charge in [-0.2, -0.15) is 0 Å². The minimum atomic E-state index is -0.977. The number of aromatic nitrogens is 4. The Hall–Kier alpha value is -1.94. The molecule has 162 valence electrons. The van der Waals surface area contributed by atoms with Crippen LogP contribution in [0, 0.1) is 6.92 Å². The molecule has 1 atom stereocenters. The predicted octanol–water partition coefficient (Wildman–Crippen LogP) is 3.38. The third-order valence-corrected chi connectivity index (χ3v) is 7.26. The van der Waals surface area contributed by atoms with Crippen molar-refractivity contribution in [1.29, 1.82) is 0 Å². The standard InChI is InChI=1S/C20H27N5O3S2/c1-3-28-18(27)16(17-21-13(2)11-29-17)15(26)12-30-20-23-22-19(25(20)14-7-8-14)24-9-5-4-6-10-24/h11,14,16H,3-10,12H2,1-2H3/t16-/m1/s1. The maximum atomic E-state index is 13.0. The molecule has 0 radical (unpaired) electrons. The van der Waals surface area contributed by atoms with Crippen molar-refractivity contribution in [3.63, 3.8) is 0 Å². The lowest BCUT2D eigenvalue weighted by atomic mass is 10.1. The number of piperidine rings is 1.